The van der Waals surface area contributed by atoms with Gasteiger partial charge in [-0.15, -0.1) is 0 Å². The van der Waals surface area contributed by atoms with Crippen LogP contribution in [0.2, 0.25) is 0 Å². The van der Waals surface area contributed by atoms with Crippen molar-refractivity contribution < 1.29 is 9.90 Å². The normalized spacial score (nSPS) is 25.6. The largest absolute Gasteiger partial charge is 0.481 e. The lowest BCUT2D eigenvalue weighted by Gasteiger charge is -2.48. The summed E-state index contributed by atoms with van der Waals surface area (Å²) in [5.41, 5.74) is -0.0773. The first kappa shape index (κ1) is 14.8. The molecule has 2 fully saturated rings. The Kier molecular flexibility index (Phi) is 4.88. The molecule has 0 aromatic carbocycles. The van der Waals surface area contributed by atoms with Gasteiger partial charge in [-0.1, -0.05) is 32.1 Å². The quantitative estimate of drug-likeness (QED) is 0.826. The van der Waals surface area contributed by atoms with Crippen molar-refractivity contribution in [3.63, 3.8) is 0 Å². The van der Waals surface area contributed by atoms with E-state index in [1.165, 1.54) is 44.9 Å². The molecule has 3 nitrogen and oxygen atoms in total. The Morgan fingerprint density at radius 2 is 1.79 bits per heavy atom. The van der Waals surface area contributed by atoms with Crippen LogP contribution in [0.5, 0.6) is 0 Å². The van der Waals surface area contributed by atoms with Crippen molar-refractivity contribution in [1.82, 2.24) is 4.90 Å². The highest BCUT2D eigenvalue weighted by Crippen LogP contribution is 2.40. The van der Waals surface area contributed by atoms with E-state index in [0.29, 0.717) is 12.5 Å². The van der Waals surface area contributed by atoms with Crippen LogP contribution in [0.25, 0.3) is 0 Å². The molecule has 0 saturated heterocycles. The molecule has 19 heavy (non-hydrogen) atoms. The number of carboxylic acids is 1. The number of nitrogens with zero attached hydrogens (tertiary/aromatic N) is 1. The molecule has 0 aromatic heterocycles. The maximum absolute atomic E-state index is 11.3. The van der Waals surface area contributed by atoms with Crippen molar-refractivity contribution in [3.05, 3.63) is 0 Å². The van der Waals surface area contributed by atoms with Crippen molar-refractivity contribution in [2.75, 3.05) is 7.05 Å². The van der Waals surface area contributed by atoms with Crippen molar-refractivity contribution >= 4 is 5.97 Å². The van der Waals surface area contributed by atoms with Gasteiger partial charge >= 0.3 is 5.97 Å². The van der Waals surface area contributed by atoms with Crippen LogP contribution >= 0.6 is 0 Å². The van der Waals surface area contributed by atoms with E-state index in [0.717, 1.165) is 18.8 Å². The minimum atomic E-state index is -0.632. The Labute approximate surface area is 117 Å². The molecule has 2 aliphatic carbocycles. The second-order valence-electron chi connectivity index (χ2n) is 6.75. The van der Waals surface area contributed by atoms with Crippen LogP contribution in [0.4, 0.5) is 0 Å². The lowest BCUT2D eigenvalue weighted by molar-refractivity contribution is -0.141. The number of rotatable bonds is 5. The summed E-state index contributed by atoms with van der Waals surface area (Å²) < 4.78 is 0. The summed E-state index contributed by atoms with van der Waals surface area (Å²) in [6, 6.07) is 0.528. The van der Waals surface area contributed by atoms with Crippen LogP contribution in [0.3, 0.4) is 0 Å². The lowest BCUT2D eigenvalue weighted by atomic mass is 9.76. The lowest BCUT2D eigenvalue weighted by Crippen LogP contribution is -2.54. The number of hydrogen-bond acceptors (Lipinski definition) is 2. The summed E-state index contributed by atoms with van der Waals surface area (Å²) in [4.78, 5) is 13.7. The molecule has 2 aliphatic rings. The Bertz CT molecular complexity index is 304. The van der Waals surface area contributed by atoms with E-state index < -0.39 is 5.97 Å². The maximum atomic E-state index is 11.3. The van der Waals surface area contributed by atoms with E-state index in [9.17, 15) is 9.90 Å². The molecule has 1 unspecified atom stereocenters. The van der Waals surface area contributed by atoms with Crippen LogP contribution < -0.4 is 0 Å². The molecule has 110 valence electrons. The highest BCUT2D eigenvalue weighted by atomic mass is 16.4. The molecule has 0 aromatic rings. The number of aliphatic carboxylic acids is 1. The van der Waals surface area contributed by atoms with E-state index in [4.69, 9.17) is 0 Å². The summed E-state index contributed by atoms with van der Waals surface area (Å²) in [5, 5.41) is 9.30. The highest BCUT2D eigenvalue weighted by Gasteiger charge is 2.41. The van der Waals surface area contributed by atoms with Gasteiger partial charge in [-0.3, -0.25) is 9.69 Å². The molecular weight excluding hydrogens is 238 g/mol. The molecule has 2 rings (SSSR count). The SMILES string of the molecule is CC(C1CCCC1)N(C)C1(CC(=O)O)CCCCC1. The molecule has 1 atom stereocenters. The minimum Gasteiger partial charge on any atom is -0.481 e. The molecule has 0 spiro atoms. The summed E-state index contributed by atoms with van der Waals surface area (Å²) in [5.74, 6) is 0.143. The fourth-order valence-electron chi connectivity index (χ4n) is 4.33. The van der Waals surface area contributed by atoms with Gasteiger partial charge in [0.05, 0.1) is 6.42 Å². The highest BCUT2D eigenvalue weighted by molar-refractivity contribution is 5.68. The van der Waals surface area contributed by atoms with Crippen molar-refractivity contribution in [2.24, 2.45) is 5.92 Å². The molecule has 2 saturated carbocycles. The monoisotopic (exact) mass is 267 g/mol. The number of hydrogen-bond donors (Lipinski definition) is 1. The zero-order valence-corrected chi connectivity index (χ0v) is 12.5. The van der Waals surface area contributed by atoms with Gasteiger partial charge in [0.2, 0.25) is 0 Å². The Morgan fingerprint density at radius 3 is 2.32 bits per heavy atom. The Balaban J connectivity index is 2.09. The summed E-state index contributed by atoms with van der Waals surface area (Å²) in [6.45, 7) is 2.31. The standard InChI is InChI=1S/C16H29NO2/c1-13(14-8-4-5-9-14)17(2)16(12-15(18)19)10-6-3-7-11-16/h13-14H,3-12H2,1-2H3,(H,18,19). The molecule has 0 radical (unpaired) electrons. The van der Waals surface area contributed by atoms with E-state index in [-0.39, 0.29) is 5.54 Å². The molecule has 1 N–H and O–H groups in total. The fraction of sp³-hybridized carbons (Fsp3) is 0.938. The van der Waals surface area contributed by atoms with Crippen LogP contribution in [0, 0.1) is 5.92 Å². The third-order valence-corrected chi connectivity index (χ3v) is 5.71. The van der Waals surface area contributed by atoms with E-state index in [2.05, 4.69) is 18.9 Å². The van der Waals surface area contributed by atoms with Crippen LogP contribution in [-0.4, -0.2) is 34.6 Å². The number of carboxylic acid groups (broad SMARTS) is 1. The first-order valence-corrected chi connectivity index (χ1v) is 8.00. The average Bonchev–Trinajstić information content (AvgIpc) is 2.91. The zero-order valence-electron chi connectivity index (χ0n) is 12.5. The molecule has 0 heterocycles. The van der Waals surface area contributed by atoms with Crippen molar-refractivity contribution in [1.29, 1.82) is 0 Å². The van der Waals surface area contributed by atoms with Crippen LogP contribution in [0.1, 0.15) is 71.1 Å². The topological polar surface area (TPSA) is 40.5 Å². The molecular formula is C16H29NO2. The Morgan fingerprint density at radius 1 is 1.21 bits per heavy atom. The average molecular weight is 267 g/mol. The molecule has 0 amide bonds. The van der Waals surface area contributed by atoms with Gasteiger partial charge in [-0.2, -0.15) is 0 Å². The van der Waals surface area contributed by atoms with Gasteiger partial charge < -0.3 is 5.11 Å². The van der Waals surface area contributed by atoms with Gasteiger partial charge in [-0.05, 0) is 45.6 Å². The van der Waals surface area contributed by atoms with Gasteiger partial charge in [-0.25, -0.2) is 0 Å². The van der Waals surface area contributed by atoms with E-state index in [1.54, 1.807) is 0 Å². The Hall–Kier alpha value is -0.570. The summed E-state index contributed by atoms with van der Waals surface area (Å²) in [6.07, 6.45) is 11.5. The second kappa shape index (κ2) is 6.25. The second-order valence-corrected chi connectivity index (χ2v) is 6.75. The first-order valence-electron chi connectivity index (χ1n) is 8.00. The van der Waals surface area contributed by atoms with E-state index >= 15 is 0 Å². The molecule has 0 aliphatic heterocycles. The van der Waals surface area contributed by atoms with Gasteiger partial charge in [0.25, 0.3) is 0 Å². The zero-order chi connectivity index (χ0) is 13.9. The third-order valence-electron chi connectivity index (χ3n) is 5.71. The predicted octanol–water partition coefficient (Wildman–Crippen LogP) is 3.67. The predicted molar refractivity (Wildman–Crippen MR) is 77.3 cm³/mol. The van der Waals surface area contributed by atoms with Crippen LogP contribution in [0.15, 0.2) is 0 Å². The van der Waals surface area contributed by atoms with Gasteiger partial charge in [0.15, 0.2) is 0 Å². The van der Waals surface area contributed by atoms with E-state index in [1.807, 2.05) is 0 Å². The van der Waals surface area contributed by atoms with Gasteiger partial charge in [0.1, 0.15) is 0 Å². The summed E-state index contributed by atoms with van der Waals surface area (Å²) in [7, 11) is 2.18. The maximum Gasteiger partial charge on any atom is 0.305 e. The van der Waals surface area contributed by atoms with Crippen molar-refractivity contribution in [3.8, 4) is 0 Å². The minimum absolute atomic E-state index is 0.0773. The molecule has 0 bridgehead atoms. The smallest absolute Gasteiger partial charge is 0.305 e. The van der Waals surface area contributed by atoms with Gasteiger partial charge in [0, 0.05) is 11.6 Å². The fourth-order valence-corrected chi connectivity index (χ4v) is 4.33. The summed E-state index contributed by atoms with van der Waals surface area (Å²) >= 11 is 0. The number of carbonyl (C=O) groups is 1. The van der Waals surface area contributed by atoms with Crippen molar-refractivity contribution in [2.45, 2.75) is 82.7 Å². The third kappa shape index (κ3) is 3.31. The van der Waals surface area contributed by atoms with Crippen LogP contribution in [-0.2, 0) is 4.79 Å². The molecule has 3 heteroatoms. The first-order chi connectivity index (χ1) is 9.05.